The van der Waals surface area contributed by atoms with Crippen molar-refractivity contribution in [1.29, 1.82) is 0 Å². The third-order valence-electron chi connectivity index (χ3n) is 4.83. The van der Waals surface area contributed by atoms with Gasteiger partial charge < -0.3 is 20.3 Å². The van der Waals surface area contributed by atoms with Crippen molar-refractivity contribution >= 4 is 11.9 Å². The van der Waals surface area contributed by atoms with Gasteiger partial charge in [-0.15, -0.1) is 0 Å². The minimum atomic E-state index is -1.24. The zero-order valence-electron chi connectivity index (χ0n) is 15.5. The summed E-state index contributed by atoms with van der Waals surface area (Å²) in [4.78, 5) is 19.1. The van der Waals surface area contributed by atoms with Crippen molar-refractivity contribution in [3.8, 4) is 11.5 Å². The highest BCUT2D eigenvalue weighted by atomic mass is 16.5. The van der Waals surface area contributed by atoms with E-state index in [4.69, 9.17) is 15.2 Å². The number of amides is 1. The minimum absolute atomic E-state index is 0.148. The average Bonchev–Trinajstić information content (AvgIpc) is 2.89. The van der Waals surface area contributed by atoms with Gasteiger partial charge in [-0.3, -0.25) is 9.69 Å². The van der Waals surface area contributed by atoms with E-state index < -0.39 is 11.6 Å². The van der Waals surface area contributed by atoms with Crippen molar-refractivity contribution in [2.45, 2.75) is 18.1 Å². The van der Waals surface area contributed by atoms with Crippen LogP contribution in [0.4, 0.5) is 0 Å². The number of nitrogens with zero attached hydrogens (tertiary/aromatic N) is 2. The first-order valence-corrected chi connectivity index (χ1v) is 8.49. The number of benzene rings is 2. The number of ether oxygens (including phenoxy) is 2. The van der Waals surface area contributed by atoms with Crippen LogP contribution in [-0.4, -0.2) is 48.7 Å². The van der Waals surface area contributed by atoms with Crippen molar-refractivity contribution in [3.05, 3.63) is 59.7 Å². The van der Waals surface area contributed by atoms with Crippen LogP contribution in [-0.2, 0) is 16.0 Å². The van der Waals surface area contributed by atoms with Crippen LogP contribution in [0.3, 0.4) is 0 Å². The molecule has 0 saturated heterocycles. The van der Waals surface area contributed by atoms with Crippen molar-refractivity contribution in [2.75, 3.05) is 21.3 Å². The number of aliphatic imine (C=N–C) groups is 1. The number of carbonyl (C=O) groups is 1. The number of hydrogen-bond acceptors (Lipinski definition) is 6. The van der Waals surface area contributed by atoms with Gasteiger partial charge in [-0.25, -0.2) is 4.99 Å². The third-order valence-corrected chi connectivity index (χ3v) is 4.83. The van der Waals surface area contributed by atoms with Gasteiger partial charge in [0.15, 0.2) is 11.5 Å². The lowest BCUT2D eigenvalue weighted by Crippen LogP contribution is -2.48. The molecule has 7 heteroatoms. The number of methoxy groups -OCH3 is 2. The molecule has 1 heterocycles. The summed E-state index contributed by atoms with van der Waals surface area (Å²) in [5, 5.41) is 9.54. The van der Waals surface area contributed by atoms with Crippen LogP contribution in [0.2, 0.25) is 0 Å². The topological polar surface area (TPSA) is 97.4 Å². The molecule has 0 bridgehead atoms. The van der Waals surface area contributed by atoms with Gasteiger partial charge in [0.25, 0.3) is 5.91 Å². The van der Waals surface area contributed by atoms with E-state index in [0.29, 0.717) is 5.75 Å². The van der Waals surface area contributed by atoms with Crippen LogP contribution in [0, 0.1) is 0 Å². The standard InChI is InChI=1S/C20H23N3O4/c1-23-18(25)20(22-19(23)21,12-13-4-8-15(24)9-5-13)17(27-3)14-6-10-16(26-2)11-7-14/h4-11,17,24H,12H2,1-3H3,(H2,21,22)/t17-,20-/m1/s1. The molecule has 1 amide bonds. The molecule has 2 aromatic carbocycles. The number of guanidine groups is 1. The Kier molecular flexibility index (Phi) is 5.05. The number of carbonyl (C=O) groups excluding carboxylic acids is 1. The number of rotatable bonds is 6. The maximum atomic E-state index is 13.2. The molecule has 142 valence electrons. The van der Waals surface area contributed by atoms with Gasteiger partial charge in [-0.05, 0) is 35.4 Å². The van der Waals surface area contributed by atoms with Crippen molar-refractivity contribution in [2.24, 2.45) is 10.7 Å². The van der Waals surface area contributed by atoms with Crippen molar-refractivity contribution in [1.82, 2.24) is 4.90 Å². The molecular weight excluding hydrogens is 346 g/mol. The van der Waals surface area contributed by atoms with Gasteiger partial charge in [0.2, 0.25) is 0 Å². The molecule has 7 nitrogen and oxygen atoms in total. The molecule has 27 heavy (non-hydrogen) atoms. The Morgan fingerprint density at radius 2 is 1.78 bits per heavy atom. The van der Waals surface area contributed by atoms with E-state index in [1.54, 1.807) is 45.5 Å². The van der Waals surface area contributed by atoms with Crippen molar-refractivity contribution in [3.63, 3.8) is 0 Å². The average molecular weight is 369 g/mol. The summed E-state index contributed by atoms with van der Waals surface area (Å²) in [5.41, 5.74) is 6.37. The largest absolute Gasteiger partial charge is 0.508 e. The first-order valence-electron chi connectivity index (χ1n) is 8.49. The van der Waals surface area contributed by atoms with E-state index >= 15 is 0 Å². The van der Waals surface area contributed by atoms with E-state index in [1.807, 2.05) is 24.3 Å². The zero-order chi connectivity index (χ0) is 19.6. The second kappa shape index (κ2) is 7.28. The maximum absolute atomic E-state index is 13.2. The summed E-state index contributed by atoms with van der Waals surface area (Å²) in [7, 11) is 4.74. The van der Waals surface area contributed by atoms with Gasteiger partial charge in [0.05, 0.1) is 7.11 Å². The molecule has 0 aliphatic carbocycles. The smallest absolute Gasteiger partial charge is 0.260 e. The molecule has 0 fully saturated rings. The summed E-state index contributed by atoms with van der Waals surface area (Å²) in [5.74, 6) is 0.772. The summed E-state index contributed by atoms with van der Waals surface area (Å²) in [6.07, 6.45) is -0.366. The Bertz CT molecular complexity index is 849. The van der Waals surface area contributed by atoms with Gasteiger partial charge in [0.1, 0.15) is 17.6 Å². The lowest BCUT2D eigenvalue weighted by Gasteiger charge is -2.33. The Hall–Kier alpha value is -3.06. The van der Waals surface area contributed by atoms with E-state index in [0.717, 1.165) is 11.1 Å². The summed E-state index contributed by atoms with van der Waals surface area (Å²) >= 11 is 0. The Morgan fingerprint density at radius 1 is 1.15 bits per heavy atom. The molecule has 1 aliphatic rings. The van der Waals surface area contributed by atoms with Crippen LogP contribution >= 0.6 is 0 Å². The monoisotopic (exact) mass is 369 g/mol. The predicted octanol–water partition coefficient (Wildman–Crippen LogP) is 1.86. The van der Waals surface area contributed by atoms with E-state index in [2.05, 4.69) is 4.99 Å². The molecule has 0 radical (unpaired) electrons. The molecule has 3 N–H and O–H groups in total. The SMILES string of the molecule is COc1ccc([C@@H](OC)[C@@]2(Cc3ccc(O)cc3)N=C(N)N(C)C2=O)cc1. The lowest BCUT2D eigenvalue weighted by atomic mass is 9.82. The highest BCUT2D eigenvalue weighted by Gasteiger charge is 2.53. The molecule has 0 saturated carbocycles. The molecule has 0 spiro atoms. The predicted molar refractivity (Wildman–Crippen MR) is 102 cm³/mol. The number of nitrogens with two attached hydrogens (primary N) is 1. The fourth-order valence-corrected chi connectivity index (χ4v) is 3.41. The fraction of sp³-hybridized carbons (Fsp3) is 0.300. The second-order valence-electron chi connectivity index (χ2n) is 6.49. The second-order valence-corrected chi connectivity index (χ2v) is 6.49. The number of likely N-dealkylation sites (N-methyl/N-ethyl adjacent to an activating group) is 1. The zero-order valence-corrected chi connectivity index (χ0v) is 15.5. The van der Waals surface area contributed by atoms with Crippen LogP contribution in [0.5, 0.6) is 11.5 Å². The number of phenolic OH excluding ortho intramolecular Hbond substituents is 1. The van der Waals surface area contributed by atoms with E-state index in [-0.39, 0.29) is 24.0 Å². The summed E-state index contributed by atoms with van der Waals surface area (Å²) < 4.78 is 11.0. The Labute approximate surface area is 158 Å². The summed E-state index contributed by atoms with van der Waals surface area (Å²) in [6.45, 7) is 0. The molecule has 2 aromatic rings. The van der Waals surface area contributed by atoms with Crippen LogP contribution < -0.4 is 10.5 Å². The van der Waals surface area contributed by atoms with Crippen LogP contribution in [0.1, 0.15) is 17.2 Å². The quantitative estimate of drug-likeness (QED) is 0.810. The Balaban J connectivity index is 2.07. The number of hydrogen-bond donors (Lipinski definition) is 2. The van der Waals surface area contributed by atoms with E-state index in [1.165, 1.54) is 4.90 Å². The first-order chi connectivity index (χ1) is 12.9. The Morgan fingerprint density at radius 3 is 2.26 bits per heavy atom. The minimum Gasteiger partial charge on any atom is -0.508 e. The molecular formula is C20H23N3O4. The molecule has 1 aliphatic heterocycles. The number of aromatic hydroxyl groups is 1. The van der Waals surface area contributed by atoms with Crippen LogP contribution in [0.25, 0.3) is 0 Å². The van der Waals surface area contributed by atoms with Gasteiger partial charge in [-0.2, -0.15) is 0 Å². The van der Waals surface area contributed by atoms with E-state index in [9.17, 15) is 9.90 Å². The molecule has 3 rings (SSSR count). The lowest BCUT2D eigenvalue weighted by molar-refractivity contribution is -0.135. The normalized spacial score (nSPS) is 20.5. The summed E-state index contributed by atoms with van der Waals surface area (Å²) in [6, 6.07) is 14.0. The van der Waals surface area contributed by atoms with Crippen LogP contribution in [0.15, 0.2) is 53.5 Å². The molecule has 0 unspecified atom stereocenters. The third kappa shape index (κ3) is 3.33. The maximum Gasteiger partial charge on any atom is 0.260 e. The first kappa shape index (κ1) is 18.7. The molecule has 2 atom stereocenters. The van der Waals surface area contributed by atoms with Crippen molar-refractivity contribution < 1.29 is 19.4 Å². The highest BCUT2D eigenvalue weighted by Crippen LogP contribution is 2.40. The fourth-order valence-electron chi connectivity index (χ4n) is 3.41. The number of phenols is 1. The molecule has 0 aromatic heterocycles. The highest BCUT2D eigenvalue weighted by molar-refractivity contribution is 6.07. The van der Waals surface area contributed by atoms with Gasteiger partial charge in [-0.1, -0.05) is 24.3 Å². The van der Waals surface area contributed by atoms with Gasteiger partial charge >= 0.3 is 0 Å². The van der Waals surface area contributed by atoms with Gasteiger partial charge in [0, 0.05) is 20.6 Å².